The Morgan fingerprint density at radius 3 is 2.40 bits per heavy atom. The van der Waals surface area contributed by atoms with Crippen LogP contribution in [0.5, 0.6) is 5.75 Å². The van der Waals surface area contributed by atoms with Gasteiger partial charge in [-0.3, -0.25) is 4.79 Å². The van der Waals surface area contributed by atoms with E-state index in [1.807, 2.05) is 0 Å². The van der Waals surface area contributed by atoms with Gasteiger partial charge in [0, 0.05) is 6.20 Å². The third kappa shape index (κ3) is 2.13. The topological polar surface area (TPSA) is 113 Å². The molecule has 1 aromatic rings. The summed E-state index contributed by atoms with van der Waals surface area (Å²) in [6.07, 6.45) is -2.60. The predicted molar refractivity (Wildman–Crippen MR) is 45.1 cm³/mol. The van der Waals surface area contributed by atoms with Gasteiger partial charge in [0.2, 0.25) is 10.0 Å². The first kappa shape index (κ1) is 11.6. The first-order chi connectivity index (χ1) is 6.75. The molecular formula is C6H6F2N2O4S. The van der Waals surface area contributed by atoms with Gasteiger partial charge in [-0.2, -0.15) is 0 Å². The fourth-order valence-electron chi connectivity index (χ4n) is 0.946. The average Bonchev–Trinajstić information content (AvgIpc) is 2.00. The third-order valence-corrected chi connectivity index (χ3v) is 2.52. The summed E-state index contributed by atoms with van der Waals surface area (Å²) in [4.78, 5) is 11.4. The van der Waals surface area contributed by atoms with Gasteiger partial charge in [-0.1, -0.05) is 0 Å². The van der Waals surface area contributed by atoms with E-state index in [2.05, 4.69) is 5.14 Å². The number of primary sulfonamides is 1. The highest BCUT2D eigenvalue weighted by Gasteiger charge is 2.25. The molecule has 0 radical (unpaired) electrons. The molecule has 0 saturated heterocycles. The lowest BCUT2D eigenvalue weighted by Gasteiger charge is -2.05. The van der Waals surface area contributed by atoms with Gasteiger partial charge in [-0.25, -0.2) is 22.3 Å². The van der Waals surface area contributed by atoms with Crippen LogP contribution in [0.3, 0.4) is 0 Å². The van der Waals surface area contributed by atoms with Crippen molar-refractivity contribution in [3.05, 3.63) is 22.1 Å². The molecule has 1 aromatic heterocycles. The van der Waals surface area contributed by atoms with Crippen molar-refractivity contribution in [2.45, 2.75) is 11.3 Å². The molecule has 0 atom stereocenters. The number of aromatic nitrogens is 1. The Bertz CT molecular complexity index is 537. The number of rotatable bonds is 2. The Kier molecular flexibility index (Phi) is 2.77. The zero-order valence-corrected chi connectivity index (χ0v) is 7.88. The van der Waals surface area contributed by atoms with Crippen molar-refractivity contribution in [2.75, 3.05) is 0 Å². The standard InChI is InChI=1S/C6H6F2N2O4S/c7-5(8)2-1-10-6(12)4(3(2)11)15(9,13)14/h1,5H,(H2,9,13,14)(H2,10,11,12). The summed E-state index contributed by atoms with van der Waals surface area (Å²) in [5.74, 6) is -1.32. The summed E-state index contributed by atoms with van der Waals surface area (Å²) >= 11 is 0. The summed E-state index contributed by atoms with van der Waals surface area (Å²) in [6, 6.07) is 0. The monoisotopic (exact) mass is 240 g/mol. The van der Waals surface area contributed by atoms with E-state index in [0.717, 1.165) is 0 Å². The molecule has 1 heterocycles. The normalized spacial score (nSPS) is 12.0. The van der Waals surface area contributed by atoms with Gasteiger partial charge < -0.3 is 10.1 Å². The zero-order chi connectivity index (χ0) is 11.8. The highest BCUT2D eigenvalue weighted by Crippen LogP contribution is 2.29. The van der Waals surface area contributed by atoms with Crippen molar-refractivity contribution in [3.8, 4) is 5.75 Å². The van der Waals surface area contributed by atoms with Crippen molar-refractivity contribution < 1.29 is 22.3 Å². The molecule has 6 nitrogen and oxygen atoms in total. The second-order valence-corrected chi connectivity index (χ2v) is 4.09. The van der Waals surface area contributed by atoms with Gasteiger partial charge in [0.15, 0.2) is 10.6 Å². The number of nitrogens with two attached hydrogens (primary N) is 1. The quantitative estimate of drug-likeness (QED) is 0.656. The van der Waals surface area contributed by atoms with E-state index in [4.69, 9.17) is 5.11 Å². The number of aromatic amines is 1. The van der Waals surface area contributed by atoms with Crippen LogP contribution < -0.4 is 10.7 Å². The molecule has 0 bridgehead atoms. The third-order valence-electron chi connectivity index (χ3n) is 1.57. The van der Waals surface area contributed by atoms with Crippen LogP contribution in [0, 0.1) is 0 Å². The van der Waals surface area contributed by atoms with Gasteiger partial charge >= 0.3 is 0 Å². The van der Waals surface area contributed by atoms with E-state index in [9.17, 15) is 22.0 Å². The van der Waals surface area contributed by atoms with E-state index in [0.29, 0.717) is 6.20 Å². The maximum atomic E-state index is 12.2. The fourth-order valence-corrected chi connectivity index (χ4v) is 1.65. The fraction of sp³-hybridized carbons (Fsp3) is 0.167. The number of alkyl halides is 2. The highest BCUT2D eigenvalue weighted by molar-refractivity contribution is 7.89. The lowest BCUT2D eigenvalue weighted by molar-refractivity contribution is 0.146. The highest BCUT2D eigenvalue weighted by atomic mass is 32.2. The maximum Gasteiger partial charge on any atom is 0.272 e. The molecule has 0 amide bonds. The smallest absolute Gasteiger partial charge is 0.272 e. The van der Waals surface area contributed by atoms with Crippen LogP contribution in [0.1, 0.15) is 12.0 Å². The van der Waals surface area contributed by atoms with E-state index in [-0.39, 0.29) is 0 Å². The molecule has 1 rings (SSSR count). The van der Waals surface area contributed by atoms with Crippen molar-refractivity contribution in [1.82, 2.24) is 4.98 Å². The number of hydrogen-bond acceptors (Lipinski definition) is 4. The summed E-state index contributed by atoms with van der Waals surface area (Å²) < 4.78 is 46.0. The van der Waals surface area contributed by atoms with Crippen molar-refractivity contribution >= 4 is 10.0 Å². The van der Waals surface area contributed by atoms with Crippen molar-refractivity contribution in [1.29, 1.82) is 0 Å². The van der Waals surface area contributed by atoms with E-state index in [1.165, 1.54) is 0 Å². The molecule has 0 aliphatic rings. The minimum atomic E-state index is -4.55. The van der Waals surface area contributed by atoms with Crippen LogP contribution in [0.2, 0.25) is 0 Å². The minimum Gasteiger partial charge on any atom is -0.506 e. The second kappa shape index (κ2) is 3.59. The van der Waals surface area contributed by atoms with Crippen molar-refractivity contribution in [2.24, 2.45) is 5.14 Å². The Morgan fingerprint density at radius 1 is 1.47 bits per heavy atom. The van der Waals surface area contributed by atoms with Crippen LogP contribution in [0.4, 0.5) is 8.78 Å². The number of pyridine rings is 1. The molecule has 0 saturated carbocycles. The van der Waals surface area contributed by atoms with Gasteiger partial charge in [0.25, 0.3) is 12.0 Å². The van der Waals surface area contributed by atoms with E-state index < -0.39 is 38.2 Å². The molecule has 4 N–H and O–H groups in total. The van der Waals surface area contributed by atoms with Crippen LogP contribution in [0.25, 0.3) is 0 Å². The summed E-state index contributed by atoms with van der Waals surface area (Å²) in [5.41, 5.74) is -2.25. The molecule has 0 unspecified atom stereocenters. The first-order valence-corrected chi connectivity index (χ1v) is 5.05. The molecule has 0 spiro atoms. The molecule has 0 fully saturated rings. The van der Waals surface area contributed by atoms with Gasteiger partial charge in [0.1, 0.15) is 0 Å². The van der Waals surface area contributed by atoms with Gasteiger partial charge in [-0.05, 0) is 0 Å². The Balaban J connectivity index is 3.66. The number of nitrogens with one attached hydrogen (secondary N) is 1. The van der Waals surface area contributed by atoms with E-state index in [1.54, 1.807) is 4.98 Å². The predicted octanol–water partition coefficient (Wildman–Crippen LogP) is -0.334. The van der Waals surface area contributed by atoms with Crippen molar-refractivity contribution in [3.63, 3.8) is 0 Å². The maximum absolute atomic E-state index is 12.2. The summed E-state index contributed by atoms with van der Waals surface area (Å²) in [6.45, 7) is 0. The SMILES string of the molecule is NS(=O)(=O)c1c(O)c(C(F)F)c[nH]c1=O. The van der Waals surface area contributed by atoms with Gasteiger partial charge in [0.05, 0.1) is 5.56 Å². The lowest BCUT2D eigenvalue weighted by Crippen LogP contribution is -2.23. The molecule has 0 aliphatic carbocycles. The molecule has 0 aliphatic heterocycles. The Labute approximate surface area is 82.4 Å². The molecule has 0 aromatic carbocycles. The average molecular weight is 240 g/mol. The van der Waals surface area contributed by atoms with Gasteiger partial charge in [-0.15, -0.1) is 0 Å². The number of sulfonamides is 1. The number of hydrogen-bond donors (Lipinski definition) is 3. The molecule has 84 valence electrons. The molecular weight excluding hydrogens is 234 g/mol. The summed E-state index contributed by atoms with van der Waals surface area (Å²) in [7, 11) is -4.55. The van der Waals surface area contributed by atoms with Crippen LogP contribution in [0.15, 0.2) is 15.9 Å². The second-order valence-electron chi connectivity index (χ2n) is 2.60. The minimum absolute atomic E-state index is 0.525. The Hall–Kier alpha value is -1.48. The van der Waals surface area contributed by atoms with Crippen LogP contribution in [-0.2, 0) is 10.0 Å². The van der Waals surface area contributed by atoms with Crippen LogP contribution >= 0.6 is 0 Å². The number of halogens is 2. The lowest BCUT2D eigenvalue weighted by atomic mass is 10.3. The van der Waals surface area contributed by atoms with E-state index >= 15 is 0 Å². The largest absolute Gasteiger partial charge is 0.506 e. The molecule has 15 heavy (non-hydrogen) atoms. The number of aromatic hydroxyl groups is 1. The molecule has 9 heteroatoms. The van der Waals surface area contributed by atoms with Crippen LogP contribution in [-0.4, -0.2) is 18.5 Å². The zero-order valence-electron chi connectivity index (χ0n) is 7.07. The first-order valence-electron chi connectivity index (χ1n) is 3.50. The summed E-state index contributed by atoms with van der Waals surface area (Å²) in [5, 5.41) is 13.7. The number of H-pyrrole nitrogens is 1. The Morgan fingerprint density at radius 2 is 2.00 bits per heavy atom.